The minimum absolute atomic E-state index is 0.0649. The van der Waals surface area contributed by atoms with Gasteiger partial charge in [0.05, 0.1) is 25.5 Å². The maximum absolute atomic E-state index is 12.1. The molecule has 1 amide bonds. The van der Waals surface area contributed by atoms with Crippen LogP contribution in [0.4, 0.5) is 0 Å². The zero-order chi connectivity index (χ0) is 15.2. The molecule has 0 fully saturated rings. The van der Waals surface area contributed by atoms with Crippen molar-refractivity contribution in [3.8, 4) is 0 Å². The van der Waals surface area contributed by atoms with Crippen molar-refractivity contribution in [3.05, 3.63) is 47.8 Å². The Morgan fingerprint density at radius 3 is 2.95 bits per heavy atom. The van der Waals surface area contributed by atoms with Crippen molar-refractivity contribution in [2.45, 2.75) is 38.5 Å². The fourth-order valence-electron chi connectivity index (χ4n) is 2.53. The lowest BCUT2D eigenvalue weighted by atomic mass is 10.1. The molecule has 0 aliphatic carbocycles. The second-order valence-corrected chi connectivity index (χ2v) is 5.48. The predicted molar refractivity (Wildman–Crippen MR) is 80.9 cm³/mol. The summed E-state index contributed by atoms with van der Waals surface area (Å²) in [7, 11) is 0. The zero-order valence-electron chi connectivity index (χ0n) is 12.4. The van der Waals surface area contributed by atoms with Gasteiger partial charge >= 0.3 is 0 Å². The molecule has 116 valence electrons. The van der Waals surface area contributed by atoms with Gasteiger partial charge < -0.3 is 10.1 Å². The predicted octanol–water partition coefficient (Wildman–Crippen LogP) is 1.84. The number of hydrogen-bond acceptors (Lipinski definition) is 4. The zero-order valence-corrected chi connectivity index (χ0v) is 12.4. The Morgan fingerprint density at radius 1 is 1.23 bits per heavy atom. The Morgan fingerprint density at radius 2 is 2.09 bits per heavy atom. The SMILES string of the molecule is O=C1CCCCn2cc(nn2)COC[C@@H](c2ccccc2)N1. The summed E-state index contributed by atoms with van der Waals surface area (Å²) in [5.74, 6) is 0.0649. The van der Waals surface area contributed by atoms with E-state index >= 15 is 0 Å². The molecule has 1 aliphatic heterocycles. The van der Waals surface area contributed by atoms with Crippen LogP contribution in [0, 0.1) is 0 Å². The third kappa shape index (κ3) is 3.92. The lowest BCUT2D eigenvalue weighted by Gasteiger charge is -2.19. The molecule has 22 heavy (non-hydrogen) atoms. The first-order chi connectivity index (χ1) is 10.8. The number of carbonyl (C=O) groups is 1. The minimum atomic E-state index is -0.135. The van der Waals surface area contributed by atoms with E-state index in [4.69, 9.17) is 4.74 Å². The number of hydrogen-bond donors (Lipinski definition) is 1. The van der Waals surface area contributed by atoms with E-state index in [-0.39, 0.29) is 11.9 Å². The minimum Gasteiger partial charge on any atom is -0.373 e. The van der Waals surface area contributed by atoms with Gasteiger partial charge in [-0.2, -0.15) is 0 Å². The van der Waals surface area contributed by atoms with Crippen LogP contribution < -0.4 is 5.32 Å². The number of fused-ring (bicyclic) bond motifs is 2. The third-order valence-corrected chi connectivity index (χ3v) is 3.70. The molecular weight excluding hydrogens is 280 g/mol. The number of aromatic nitrogens is 3. The van der Waals surface area contributed by atoms with Crippen molar-refractivity contribution in [2.75, 3.05) is 6.61 Å². The highest BCUT2D eigenvalue weighted by atomic mass is 16.5. The van der Waals surface area contributed by atoms with Crippen LogP contribution in [0.5, 0.6) is 0 Å². The summed E-state index contributed by atoms with van der Waals surface area (Å²) >= 11 is 0. The van der Waals surface area contributed by atoms with Gasteiger partial charge in [0.1, 0.15) is 5.69 Å². The molecule has 0 saturated heterocycles. The normalized spacial score (nSPS) is 20.4. The number of rotatable bonds is 1. The van der Waals surface area contributed by atoms with E-state index in [1.165, 1.54) is 0 Å². The Hall–Kier alpha value is -2.21. The molecule has 1 aromatic carbocycles. The van der Waals surface area contributed by atoms with Crippen molar-refractivity contribution in [1.82, 2.24) is 20.3 Å². The topological polar surface area (TPSA) is 69.0 Å². The van der Waals surface area contributed by atoms with Crippen molar-refractivity contribution in [3.63, 3.8) is 0 Å². The molecule has 1 aliphatic rings. The molecule has 1 N–H and O–H groups in total. The monoisotopic (exact) mass is 300 g/mol. The molecule has 0 saturated carbocycles. The first kappa shape index (κ1) is 14.7. The van der Waals surface area contributed by atoms with Crippen molar-refractivity contribution in [2.24, 2.45) is 0 Å². The second-order valence-electron chi connectivity index (χ2n) is 5.48. The van der Waals surface area contributed by atoms with E-state index < -0.39 is 0 Å². The average Bonchev–Trinajstić information content (AvgIpc) is 2.99. The first-order valence-electron chi connectivity index (χ1n) is 7.62. The quantitative estimate of drug-likeness (QED) is 0.872. The molecule has 0 spiro atoms. The summed E-state index contributed by atoms with van der Waals surface area (Å²) in [6.45, 7) is 1.60. The molecule has 0 unspecified atom stereocenters. The smallest absolute Gasteiger partial charge is 0.220 e. The molecule has 3 rings (SSSR count). The van der Waals surface area contributed by atoms with E-state index in [1.807, 2.05) is 41.2 Å². The maximum Gasteiger partial charge on any atom is 0.220 e. The summed E-state index contributed by atoms with van der Waals surface area (Å²) in [6, 6.07) is 9.77. The number of aryl methyl sites for hydroxylation is 1. The fourth-order valence-corrected chi connectivity index (χ4v) is 2.53. The number of amides is 1. The highest BCUT2D eigenvalue weighted by molar-refractivity contribution is 5.76. The molecule has 2 aromatic rings. The molecular formula is C16H20N4O2. The first-order valence-corrected chi connectivity index (χ1v) is 7.62. The van der Waals surface area contributed by atoms with E-state index in [1.54, 1.807) is 0 Å². The van der Waals surface area contributed by atoms with E-state index in [9.17, 15) is 4.79 Å². The van der Waals surface area contributed by atoms with E-state index in [0.29, 0.717) is 19.6 Å². The highest BCUT2D eigenvalue weighted by Gasteiger charge is 2.15. The fraction of sp³-hybridized carbons (Fsp3) is 0.438. The Kier molecular flexibility index (Phi) is 4.80. The van der Waals surface area contributed by atoms with Crippen molar-refractivity contribution < 1.29 is 9.53 Å². The van der Waals surface area contributed by atoms with E-state index in [2.05, 4.69) is 15.6 Å². The summed E-state index contributed by atoms with van der Waals surface area (Å²) in [5, 5.41) is 11.2. The Bertz CT molecular complexity index is 612. The van der Waals surface area contributed by atoms with Crippen molar-refractivity contribution >= 4 is 5.91 Å². The lowest BCUT2D eigenvalue weighted by Crippen LogP contribution is -2.31. The largest absolute Gasteiger partial charge is 0.373 e. The molecule has 2 heterocycles. The van der Waals surface area contributed by atoms with E-state index in [0.717, 1.165) is 30.6 Å². The van der Waals surface area contributed by atoms with Crippen LogP contribution in [0.3, 0.4) is 0 Å². The molecule has 1 atom stereocenters. The summed E-state index contributed by atoms with van der Waals surface area (Å²) in [6.07, 6.45) is 4.17. The van der Waals surface area contributed by atoms with Crippen LogP contribution in [-0.4, -0.2) is 27.5 Å². The van der Waals surface area contributed by atoms with Gasteiger partial charge in [0, 0.05) is 13.0 Å². The number of benzene rings is 1. The van der Waals surface area contributed by atoms with Crippen LogP contribution in [0.2, 0.25) is 0 Å². The van der Waals surface area contributed by atoms with Crippen LogP contribution in [0.25, 0.3) is 0 Å². The molecule has 0 radical (unpaired) electrons. The summed E-state index contributed by atoms with van der Waals surface area (Å²) in [5.41, 5.74) is 1.87. The average molecular weight is 300 g/mol. The van der Waals surface area contributed by atoms with Crippen LogP contribution >= 0.6 is 0 Å². The highest BCUT2D eigenvalue weighted by Crippen LogP contribution is 2.15. The second kappa shape index (κ2) is 7.17. The molecule has 6 nitrogen and oxygen atoms in total. The summed E-state index contributed by atoms with van der Waals surface area (Å²) < 4.78 is 7.54. The van der Waals surface area contributed by atoms with Gasteiger partial charge in [-0.25, -0.2) is 0 Å². The van der Waals surface area contributed by atoms with Gasteiger partial charge in [0.2, 0.25) is 5.91 Å². The van der Waals surface area contributed by atoms with Gasteiger partial charge in [0.15, 0.2) is 0 Å². The lowest BCUT2D eigenvalue weighted by molar-refractivity contribution is -0.122. The van der Waals surface area contributed by atoms with Gasteiger partial charge in [-0.1, -0.05) is 35.5 Å². The van der Waals surface area contributed by atoms with Crippen LogP contribution in [0.15, 0.2) is 36.5 Å². The molecule has 2 bridgehead atoms. The number of nitrogens with one attached hydrogen (secondary N) is 1. The van der Waals surface area contributed by atoms with Crippen molar-refractivity contribution in [1.29, 1.82) is 0 Å². The van der Waals surface area contributed by atoms with Crippen LogP contribution in [-0.2, 0) is 22.7 Å². The standard InChI is InChI=1S/C16H20N4O2/c21-16-8-4-5-9-20-10-14(18-19-20)11-22-12-15(17-16)13-6-2-1-3-7-13/h1-3,6-7,10,15H,4-5,8-9,11-12H2,(H,17,21)/t15-/m0/s1. The van der Waals surface area contributed by atoms with Gasteiger partial charge in [-0.05, 0) is 18.4 Å². The third-order valence-electron chi connectivity index (χ3n) is 3.70. The maximum atomic E-state index is 12.1. The molecule has 6 heteroatoms. The Labute approximate surface area is 129 Å². The van der Waals surface area contributed by atoms with Crippen LogP contribution in [0.1, 0.15) is 36.6 Å². The van der Waals surface area contributed by atoms with Gasteiger partial charge in [-0.3, -0.25) is 9.48 Å². The summed E-state index contributed by atoms with van der Waals surface area (Å²) in [4.78, 5) is 12.1. The number of ether oxygens (including phenoxy) is 1. The number of nitrogens with zero attached hydrogens (tertiary/aromatic N) is 3. The number of carbonyl (C=O) groups excluding carboxylic acids is 1. The molecule has 1 aromatic heterocycles. The Balaban J connectivity index is 1.73. The van der Waals surface area contributed by atoms with Gasteiger partial charge in [0.25, 0.3) is 0 Å². The van der Waals surface area contributed by atoms with Gasteiger partial charge in [-0.15, -0.1) is 5.10 Å².